The van der Waals surface area contributed by atoms with Gasteiger partial charge in [-0.25, -0.2) is 9.97 Å². The Balaban J connectivity index is 1.30. The molecular formula is C24H26ClN5O2S. The highest BCUT2D eigenvalue weighted by molar-refractivity contribution is 7.99. The van der Waals surface area contributed by atoms with Crippen LogP contribution < -0.4 is 19.9 Å². The molecule has 172 valence electrons. The molecule has 1 N–H and O–H groups in total. The number of benzene rings is 2. The van der Waals surface area contributed by atoms with Gasteiger partial charge in [0.2, 0.25) is 5.91 Å². The van der Waals surface area contributed by atoms with E-state index in [1.807, 2.05) is 37.3 Å². The summed E-state index contributed by atoms with van der Waals surface area (Å²) in [5.41, 5.74) is 2.78. The maximum atomic E-state index is 12.4. The van der Waals surface area contributed by atoms with Gasteiger partial charge >= 0.3 is 0 Å². The van der Waals surface area contributed by atoms with E-state index in [1.54, 1.807) is 19.5 Å². The molecule has 1 amide bonds. The third-order valence-electron chi connectivity index (χ3n) is 5.56. The smallest absolute Gasteiger partial charge is 0.234 e. The largest absolute Gasteiger partial charge is 0.497 e. The molecule has 0 saturated carbocycles. The van der Waals surface area contributed by atoms with Gasteiger partial charge in [0.15, 0.2) is 0 Å². The fourth-order valence-corrected chi connectivity index (χ4v) is 4.47. The summed E-state index contributed by atoms with van der Waals surface area (Å²) in [7, 11) is 1.68. The van der Waals surface area contributed by atoms with Crippen molar-refractivity contribution < 1.29 is 9.53 Å². The average Bonchev–Trinajstić information content (AvgIpc) is 2.86. The Morgan fingerprint density at radius 3 is 2.55 bits per heavy atom. The third-order valence-corrected chi connectivity index (χ3v) is 6.90. The van der Waals surface area contributed by atoms with Gasteiger partial charge in [-0.05, 0) is 48.9 Å². The minimum atomic E-state index is -0.0985. The standard InChI is InChI=1S/C24H26ClN5O2S/c1-17-20(25)4-3-5-21(17)28-23(31)15-33-24-14-22(26-16-27-24)30-12-10-29(11-13-30)18-6-8-19(32-2)9-7-18/h3-9,14,16H,10-13,15H2,1-2H3,(H,28,31). The second-order valence-electron chi connectivity index (χ2n) is 7.64. The normalized spacial score (nSPS) is 13.7. The van der Waals surface area contributed by atoms with E-state index in [2.05, 4.69) is 37.2 Å². The third kappa shape index (κ3) is 5.89. The first-order valence-corrected chi connectivity index (χ1v) is 12.0. The number of rotatable bonds is 7. The van der Waals surface area contributed by atoms with Crippen molar-refractivity contribution in [3.63, 3.8) is 0 Å². The Morgan fingerprint density at radius 1 is 1.09 bits per heavy atom. The molecule has 0 aliphatic carbocycles. The van der Waals surface area contributed by atoms with E-state index in [0.717, 1.165) is 54.0 Å². The van der Waals surface area contributed by atoms with E-state index in [-0.39, 0.29) is 11.7 Å². The molecule has 2 aromatic carbocycles. The van der Waals surface area contributed by atoms with Crippen molar-refractivity contribution >= 4 is 46.5 Å². The number of carbonyl (C=O) groups excluding carboxylic acids is 1. The SMILES string of the molecule is COc1ccc(N2CCN(c3cc(SCC(=O)Nc4cccc(Cl)c4C)ncn3)CC2)cc1. The van der Waals surface area contributed by atoms with Gasteiger partial charge in [-0.2, -0.15) is 0 Å². The monoisotopic (exact) mass is 483 g/mol. The molecule has 1 saturated heterocycles. The first-order chi connectivity index (χ1) is 16.0. The summed E-state index contributed by atoms with van der Waals surface area (Å²) >= 11 is 7.52. The Labute approximate surface area is 203 Å². The Hall–Kier alpha value is -2.97. The van der Waals surface area contributed by atoms with Crippen molar-refractivity contribution in [3.05, 3.63) is 65.4 Å². The van der Waals surface area contributed by atoms with Crippen molar-refractivity contribution in [2.24, 2.45) is 0 Å². The van der Waals surface area contributed by atoms with E-state index in [4.69, 9.17) is 16.3 Å². The number of piperazine rings is 1. The minimum absolute atomic E-state index is 0.0985. The van der Waals surface area contributed by atoms with Crippen LogP contribution in [0.25, 0.3) is 0 Å². The van der Waals surface area contributed by atoms with Crippen molar-refractivity contribution in [2.45, 2.75) is 11.9 Å². The molecule has 0 radical (unpaired) electrons. The number of aromatic nitrogens is 2. The van der Waals surface area contributed by atoms with Crippen LogP contribution in [0.3, 0.4) is 0 Å². The molecule has 0 bridgehead atoms. The van der Waals surface area contributed by atoms with E-state index in [9.17, 15) is 4.79 Å². The fraction of sp³-hybridized carbons (Fsp3) is 0.292. The van der Waals surface area contributed by atoms with Crippen LogP contribution in [-0.2, 0) is 4.79 Å². The van der Waals surface area contributed by atoms with Crippen LogP contribution in [0.4, 0.5) is 17.2 Å². The van der Waals surface area contributed by atoms with E-state index in [0.29, 0.717) is 5.02 Å². The number of thioether (sulfide) groups is 1. The summed E-state index contributed by atoms with van der Waals surface area (Å²) in [6.45, 7) is 5.42. The van der Waals surface area contributed by atoms with E-state index in [1.165, 1.54) is 17.4 Å². The molecule has 33 heavy (non-hydrogen) atoms. The maximum Gasteiger partial charge on any atom is 0.234 e. The highest BCUT2D eigenvalue weighted by Gasteiger charge is 2.19. The predicted molar refractivity (Wildman–Crippen MR) is 135 cm³/mol. The van der Waals surface area contributed by atoms with Crippen molar-refractivity contribution in [3.8, 4) is 5.75 Å². The highest BCUT2D eigenvalue weighted by Crippen LogP contribution is 2.25. The molecule has 0 atom stereocenters. The average molecular weight is 484 g/mol. The maximum absolute atomic E-state index is 12.4. The minimum Gasteiger partial charge on any atom is -0.497 e. The molecule has 9 heteroatoms. The number of hydrogen-bond donors (Lipinski definition) is 1. The number of methoxy groups -OCH3 is 1. The number of carbonyl (C=O) groups is 1. The molecule has 3 aromatic rings. The summed E-state index contributed by atoms with van der Waals surface area (Å²) in [6.07, 6.45) is 1.56. The lowest BCUT2D eigenvalue weighted by Crippen LogP contribution is -2.46. The molecule has 0 unspecified atom stereocenters. The number of halogens is 1. The fourth-order valence-electron chi connectivity index (χ4n) is 3.64. The number of amides is 1. The van der Waals surface area contributed by atoms with Crippen LogP contribution in [0, 0.1) is 6.92 Å². The second kappa shape index (κ2) is 10.8. The Morgan fingerprint density at radius 2 is 1.82 bits per heavy atom. The van der Waals surface area contributed by atoms with E-state index >= 15 is 0 Å². The van der Waals surface area contributed by atoms with Gasteiger partial charge in [-0.3, -0.25) is 4.79 Å². The van der Waals surface area contributed by atoms with Crippen molar-refractivity contribution in [1.29, 1.82) is 0 Å². The molecule has 4 rings (SSSR count). The topological polar surface area (TPSA) is 70.6 Å². The van der Waals surface area contributed by atoms with Gasteiger partial charge in [0, 0.05) is 48.6 Å². The summed E-state index contributed by atoms with van der Waals surface area (Å²) < 4.78 is 5.24. The quantitative estimate of drug-likeness (QED) is 0.391. The van der Waals surface area contributed by atoms with Gasteiger partial charge < -0.3 is 19.9 Å². The van der Waals surface area contributed by atoms with Crippen LogP contribution in [0.15, 0.2) is 59.9 Å². The lowest BCUT2D eigenvalue weighted by Gasteiger charge is -2.36. The van der Waals surface area contributed by atoms with Gasteiger partial charge in [-0.15, -0.1) is 0 Å². The molecule has 7 nitrogen and oxygen atoms in total. The first kappa shape index (κ1) is 23.2. The van der Waals surface area contributed by atoms with Gasteiger partial charge in [0.05, 0.1) is 12.9 Å². The summed E-state index contributed by atoms with van der Waals surface area (Å²) in [6, 6.07) is 15.6. The van der Waals surface area contributed by atoms with Crippen LogP contribution in [0.2, 0.25) is 5.02 Å². The molecule has 0 spiro atoms. The molecule has 1 aliphatic rings. The number of ether oxygens (including phenoxy) is 1. The summed E-state index contributed by atoms with van der Waals surface area (Å²) in [5.74, 6) is 1.90. The van der Waals surface area contributed by atoms with Crippen LogP contribution in [-0.4, -0.2) is 54.9 Å². The van der Waals surface area contributed by atoms with E-state index < -0.39 is 0 Å². The van der Waals surface area contributed by atoms with Crippen LogP contribution >= 0.6 is 23.4 Å². The lowest BCUT2D eigenvalue weighted by molar-refractivity contribution is -0.113. The van der Waals surface area contributed by atoms with Crippen molar-refractivity contribution in [1.82, 2.24) is 9.97 Å². The zero-order chi connectivity index (χ0) is 23.2. The number of nitrogens with zero attached hydrogens (tertiary/aromatic N) is 4. The molecule has 1 aromatic heterocycles. The Bertz CT molecular complexity index is 1100. The number of anilines is 3. The predicted octanol–water partition coefficient (Wildman–Crippen LogP) is 4.50. The lowest BCUT2D eigenvalue weighted by atomic mass is 10.2. The van der Waals surface area contributed by atoms with Gasteiger partial charge in [0.25, 0.3) is 0 Å². The second-order valence-corrected chi connectivity index (χ2v) is 9.04. The highest BCUT2D eigenvalue weighted by atomic mass is 35.5. The number of nitrogens with one attached hydrogen (secondary N) is 1. The van der Waals surface area contributed by atoms with Gasteiger partial charge in [0.1, 0.15) is 22.9 Å². The molecule has 2 heterocycles. The number of hydrogen-bond acceptors (Lipinski definition) is 7. The molecule has 1 fully saturated rings. The summed E-state index contributed by atoms with van der Waals surface area (Å²) in [5, 5.41) is 4.32. The van der Waals surface area contributed by atoms with Crippen molar-refractivity contribution in [2.75, 3.05) is 54.2 Å². The first-order valence-electron chi connectivity index (χ1n) is 10.7. The van der Waals surface area contributed by atoms with Gasteiger partial charge in [-0.1, -0.05) is 29.4 Å². The molecule has 1 aliphatic heterocycles. The zero-order valence-electron chi connectivity index (χ0n) is 18.6. The Kier molecular flexibility index (Phi) is 7.57. The molecular weight excluding hydrogens is 458 g/mol. The van der Waals surface area contributed by atoms with Crippen LogP contribution in [0.5, 0.6) is 5.75 Å². The van der Waals surface area contributed by atoms with Crippen LogP contribution in [0.1, 0.15) is 5.56 Å². The summed E-state index contributed by atoms with van der Waals surface area (Å²) in [4.78, 5) is 25.8. The zero-order valence-corrected chi connectivity index (χ0v) is 20.2.